The summed E-state index contributed by atoms with van der Waals surface area (Å²) in [6.07, 6.45) is 1.85. The van der Waals surface area contributed by atoms with Gasteiger partial charge in [-0.15, -0.1) is 24.0 Å². The summed E-state index contributed by atoms with van der Waals surface area (Å²) in [5, 5.41) is 3.45. The molecule has 3 rings (SSSR count). The van der Waals surface area contributed by atoms with Gasteiger partial charge in [0.25, 0.3) is 0 Å². The van der Waals surface area contributed by atoms with E-state index in [1.165, 1.54) is 11.1 Å². The molecule has 0 aromatic heterocycles. The van der Waals surface area contributed by atoms with Gasteiger partial charge < -0.3 is 10.2 Å². The maximum absolute atomic E-state index is 11.7. The zero-order valence-electron chi connectivity index (χ0n) is 16.9. The van der Waals surface area contributed by atoms with Crippen LogP contribution in [0.15, 0.2) is 41.4 Å². The summed E-state index contributed by atoms with van der Waals surface area (Å²) in [5.41, 5.74) is 3.78. The first-order valence-electron chi connectivity index (χ1n) is 9.77. The first kappa shape index (κ1) is 23.2. The number of hydrogen-bond donors (Lipinski definition) is 1. The molecule has 28 heavy (non-hydrogen) atoms. The predicted octanol–water partition coefficient (Wildman–Crippen LogP) is 3.36. The number of benzene rings is 1. The van der Waals surface area contributed by atoms with Crippen LogP contribution in [0.2, 0.25) is 0 Å². The van der Waals surface area contributed by atoms with Gasteiger partial charge in [0.05, 0.1) is 18.1 Å². The van der Waals surface area contributed by atoms with Gasteiger partial charge >= 0.3 is 0 Å². The van der Waals surface area contributed by atoms with Gasteiger partial charge in [0.2, 0.25) is 0 Å². The highest BCUT2D eigenvalue weighted by atomic mass is 127. The van der Waals surface area contributed by atoms with Crippen LogP contribution in [-0.2, 0) is 9.84 Å². The minimum absolute atomic E-state index is 0. The fourth-order valence-electron chi connectivity index (χ4n) is 4.00. The number of sulfone groups is 1. The molecular formula is C21H32IN3O2S. The molecule has 1 N–H and O–H groups in total. The van der Waals surface area contributed by atoms with E-state index >= 15 is 0 Å². The van der Waals surface area contributed by atoms with Crippen LogP contribution in [-0.4, -0.2) is 57.0 Å². The number of nitrogens with zero attached hydrogens (tertiary/aromatic N) is 2. The van der Waals surface area contributed by atoms with Crippen molar-refractivity contribution in [2.24, 2.45) is 10.9 Å². The van der Waals surface area contributed by atoms with Gasteiger partial charge in [0.15, 0.2) is 15.8 Å². The highest BCUT2D eigenvalue weighted by molar-refractivity contribution is 14.0. The summed E-state index contributed by atoms with van der Waals surface area (Å²) in [4.78, 5) is 7.04. The lowest BCUT2D eigenvalue weighted by molar-refractivity contribution is 0.470. The minimum Gasteiger partial charge on any atom is -0.356 e. The molecule has 1 aromatic carbocycles. The van der Waals surface area contributed by atoms with Gasteiger partial charge in [-0.3, -0.25) is 0 Å². The molecule has 2 heterocycles. The van der Waals surface area contributed by atoms with Crippen LogP contribution in [0.1, 0.15) is 36.8 Å². The van der Waals surface area contributed by atoms with Crippen LogP contribution in [0.5, 0.6) is 0 Å². The van der Waals surface area contributed by atoms with Crippen molar-refractivity contribution in [3.63, 3.8) is 0 Å². The van der Waals surface area contributed by atoms with Gasteiger partial charge in [-0.25, -0.2) is 13.4 Å². The molecule has 0 saturated carbocycles. The third-order valence-electron chi connectivity index (χ3n) is 5.49. The predicted molar refractivity (Wildman–Crippen MR) is 127 cm³/mol. The molecule has 2 unspecified atom stereocenters. The van der Waals surface area contributed by atoms with E-state index in [4.69, 9.17) is 4.99 Å². The van der Waals surface area contributed by atoms with E-state index in [2.05, 4.69) is 48.0 Å². The second-order valence-corrected chi connectivity index (χ2v) is 10.3. The van der Waals surface area contributed by atoms with Crippen LogP contribution >= 0.6 is 24.0 Å². The molecule has 2 aliphatic heterocycles. The molecule has 2 fully saturated rings. The van der Waals surface area contributed by atoms with Crippen molar-refractivity contribution < 1.29 is 8.42 Å². The number of nitrogens with one attached hydrogen (secondary N) is 1. The molecule has 5 nitrogen and oxygen atoms in total. The first-order chi connectivity index (χ1) is 12.8. The Morgan fingerprint density at radius 3 is 2.71 bits per heavy atom. The molecule has 2 atom stereocenters. The normalized spacial score (nSPS) is 24.1. The third kappa shape index (κ3) is 6.20. The second kappa shape index (κ2) is 10.1. The molecule has 2 aliphatic rings. The average Bonchev–Trinajstić information content (AvgIpc) is 3.22. The van der Waals surface area contributed by atoms with E-state index < -0.39 is 9.84 Å². The fraction of sp³-hybridized carbons (Fsp3) is 0.571. The molecular weight excluding hydrogens is 485 g/mol. The molecule has 0 spiro atoms. The fourth-order valence-corrected chi connectivity index (χ4v) is 5.86. The molecule has 0 radical (unpaired) electrons. The molecule has 2 saturated heterocycles. The highest BCUT2D eigenvalue weighted by Crippen LogP contribution is 2.29. The number of hydrogen-bond acceptors (Lipinski definition) is 3. The second-order valence-electron chi connectivity index (χ2n) is 8.04. The highest BCUT2D eigenvalue weighted by Gasteiger charge is 2.30. The lowest BCUT2D eigenvalue weighted by Gasteiger charge is -2.24. The Hall–Kier alpha value is -1.09. The quantitative estimate of drug-likeness (QED) is 0.282. The number of aliphatic imine (C=N–C) groups is 1. The van der Waals surface area contributed by atoms with Gasteiger partial charge in [-0.05, 0) is 43.7 Å². The van der Waals surface area contributed by atoms with Gasteiger partial charge in [0.1, 0.15) is 0 Å². The van der Waals surface area contributed by atoms with Crippen molar-refractivity contribution in [1.29, 1.82) is 0 Å². The number of guanidine groups is 1. The molecule has 156 valence electrons. The Bertz CT molecular complexity index is 823. The Kier molecular flexibility index (Phi) is 8.36. The van der Waals surface area contributed by atoms with Gasteiger partial charge in [-0.1, -0.05) is 36.4 Å². The standard InChI is InChI=1S/C21H31N3O2S.HI/c1-16(2)12-22-21(23-13-18-9-11-27(25,26)15-18)24-10-8-19(14-24)20-7-5-4-6-17(20)3;/h4-7,18-19H,1,8-15H2,2-3H3,(H,22,23);1H. The lowest BCUT2D eigenvalue weighted by atomic mass is 9.94. The van der Waals surface area contributed by atoms with Crippen molar-refractivity contribution in [3.05, 3.63) is 47.5 Å². The van der Waals surface area contributed by atoms with E-state index in [-0.39, 0.29) is 29.9 Å². The molecule has 1 aromatic rings. The van der Waals surface area contributed by atoms with Crippen LogP contribution in [0.25, 0.3) is 0 Å². The molecule has 0 bridgehead atoms. The van der Waals surface area contributed by atoms with E-state index in [0.29, 0.717) is 30.5 Å². The topological polar surface area (TPSA) is 61.8 Å². The summed E-state index contributed by atoms with van der Waals surface area (Å²) in [5.74, 6) is 2.18. The van der Waals surface area contributed by atoms with Crippen LogP contribution in [0.3, 0.4) is 0 Å². The van der Waals surface area contributed by atoms with Crippen molar-refractivity contribution in [1.82, 2.24) is 10.2 Å². The van der Waals surface area contributed by atoms with Crippen molar-refractivity contribution in [3.8, 4) is 0 Å². The van der Waals surface area contributed by atoms with Crippen LogP contribution < -0.4 is 5.32 Å². The van der Waals surface area contributed by atoms with Crippen molar-refractivity contribution in [2.75, 3.05) is 37.7 Å². The summed E-state index contributed by atoms with van der Waals surface area (Å²) >= 11 is 0. The largest absolute Gasteiger partial charge is 0.356 e. The minimum atomic E-state index is -2.85. The first-order valence-corrected chi connectivity index (χ1v) is 11.6. The Labute approximate surface area is 186 Å². The number of halogens is 1. The van der Waals surface area contributed by atoms with E-state index in [1.54, 1.807) is 0 Å². The Morgan fingerprint density at radius 1 is 1.32 bits per heavy atom. The number of rotatable bonds is 5. The number of likely N-dealkylation sites (tertiary alicyclic amines) is 1. The van der Waals surface area contributed by atoms with Crippen LogP contribution in [0.4, 0.5) is 0 Å². The van der Waals surface area contributed by atoms with E-state index in [9.17, 15) is 8.42 Å². The SMILES string of the molecule is C=C(C)CN=C(NCC1CCS(=O)(=O)C1)N1CCC(c2ccccc2C)C1.I. The van der Waals surface area contributed by atoms with Crippen molar-refractivity contribution in [2.45, 2.75) is 32.6 Å². The summed E-state index contributed by atoms with van der Waals surface area (Å²) in [6, 6.07) is 8.60. The van der Waals surface area contributed by atoms with E-state index in [0.717, 1.165) is 37.5 Å². The van der Waals surface area contributed by atoms with E-state index in [1.807, 2.05) is 6.92 Å². The average molecular weight is 517 g/mol. The Balaban J connectivity index is 0.00000280. The smallest absolute Gasteiger partial charge is 0.194 e. The lowest BCUT2D eigenvalue weighted by Crippen LogP contribution is -2.42. The zero-order chi connectivity index (χ0) is 19.4. The van der Waals surface area contributed by atoms with Gasteiger partial charge in [-0.2, -0.15) is 0 Å². The third-order valence-corrected chi connectivity index (χ3v) is 7.33. The summed E-state index contributed by atoms with van der Waals surface area (Å²) in [6.45, 7) is 11.3. The monoisotopic (exact) mass is 517 g/mol. The maximum atomic E-state index is 11.7. The summed E-state index contributed by atoms with van der Waals surface area (Å²) in [7, 11) is -2.85. The summed E-state index contributed by atoms with van der Waals surface area (Å²) < 4.78 is 23.4. The Morgan fingerprint density at radius 2 is 2.07 bits per heavy atom. The zero-order valence-corrected chi connectivity index (χ0v) is 20.0. The van der Waals surface area contributed by atoms with Gasteiger partial charge in [0, 0.05) is 25.6 Å². The maximum Gasteiger partial charge on any atom is 0.194 e. The number of aryl methyl sites for hydroxylation is 1. The molecule has 7 heteroatoms. The molecule has 0 aliphatic carbocycles. The van der Waals surface area contributed by atoms with Crippen molar-refractivity contribution >= 4 is 39.8 Å². The van der Waals surface area contributed by atoms with Crippen LogP contribution in [0, 0.1) is 12.8 Å². The molecule has 0 amide bonds.